The number of benzene rings is 7. The first-order chi connectivity index (χ1) is 37.1. The Morgan fingerprint density at radius 3 is 1.23 bits per heavy atom. The molecule has 356 valence electrons. The fourth-order valence-electron chi connectivity index (χ4n) is 21.0. The molecule has 12 aliphatic carbocycles. The van der Waals surface area contributed by atoms with E-state index in [-0.39, 0.29) is 0 Å². The lowest BCUT2D eigenvalue weighted by Gasteiger charge is -2.38. The minimum absolute atomic E-state index is 0.443. The lowest BCUT2D eigenvalue weighted by Crippen LogP contribution is -2.27. The van der Waals surface area contributed by atoms with Crippen LogP contribution in [0.3, 0.4) is 0 Å². The third kappa shape index (κ3) is 4.19. The molecule has 7 aromatic carbocycles. The molecule has 4 unspecified atom stereocenters. The molecule has 3 heteroatoms. The minimum atomic E-state index is -0.555. The molecular weight excluding hydrogens is 907 g/mol. The molecule has 4 saturated carbocycles. The molecule has 0 radical (unpaired) electrons. The second-order valence-electron chi connectivity index (χ2n) is 25.8. The van der Waals surface area contributed by atoms with Gasteiger partial charge in [-0.15, -0.1) is 0 Å². The maximum absolute atomic E-state index is 5.77. The van der Waals surface area contributed by atoms with Crippen LogP contribution in [0.5, 0.6) is 0 Å². The molecule has 0 saturated heterocycles. The van der Waals surface area contributed by atoms with Gasteiger partial charge < -0.3 is 4.40 Å². The maximum Gasteiger partial charge on any atom is 0.0732 e. The zero-order valence-electron chi connectivity index (χ0n) is 42.0. The van der Waals surface area contributed by atoms with E-state index in [1.54, 1.807) is 11.1 Å². The lowest BCUT2D eigenvalue weighted by atomic mass is 9.66. The molecular formula is C72H53N3. The smallest absolute Gasteiger partial charge is 0.0732 e. The Labute approximate surface area is 436 Å². The lowest BCUT2D eigenvalue weighted by molar-refractivity contribution is 0.165. The first kappa shape index (κ1) is 39.1. The highest BCUT2D eigenvalue weighted by molar-refractivity contribution is 6.29. The van der Waals surface area contributed by atoms with Gasteiger partial charge in [-0.3, -0.25) is 9.97 Å². The predicted octanol–water partition coefficient (Wildman–Crippen LogP) is 17.1. The zero-order valence-corrected chi connectivity index (χ0v) is 42.0. The second kappa shape index (κ2) is 12.8. The number of fused-ring (bicyclic) bond motifs is 27. The average molecular weight is 960 g/mol. The van der Waals surface area contributed by atoms with Gasteiger partial charge in [0.2, 0.25) is 0 Å². The van der Waals surface area contributed by atoms with Gasteiger partial charge in [0.25, 0.3) is 0 Å². The van der Waals surface area contributed by atoms with Crippen molar-refractivity contribution in [3.05, 3.63) is 219 Å². The largest absolute Gasteiger partial charge is 0.305 e. The van der Waals surface area contributed by atoms with E-state index in [1.807, 2.05) is 0 Å². The van der Waals surface area contributed by atoms with E-state index in [1.165, 1.54) is 203 Å². The van der Waals surface area contributed by atoms with Crippen molar-refractivity contribution >= 4 is 38.1 Å². The molecule has 11 aromatic rings. The maximum atomic E-state index is 5.77. The summed E-state index contributed by atoms with van der Waals surface area (Å²) >= 11 is 0. The summed E-state index contributed by atoms with van der Waals surface area (Å²) in [5.74, 6) is 5.46. The zero-order chi connectivity index (χ0) is 47.9. The van der Waals surface area contributed by atoms with Gasteiger partial charge in [-0.25, -0.2) is 0 Å². The van der Waals surface area contributed by atoms with Crippen molar-refractivity contribution in [3.63, 3.8) is 0 Å². The van der Waals surface area contributed by atoms with Crippen LogP contribution >= 0.6 is 0 Å². The van der Waals surface area contributed by atoms with Crippen LogP contribution in [0.2, 0.25) is 0 Å². The number of hydrogen-bond acceptors (Lipinski definition) is 2. The summed E-state index contributed by atoms with van der Waals surface area (Å²) in [7, 11) is 0. The van der Waals surface area contributed by atoms with Gasteiger partial charge in [-0.05, 0) is 218 Å². The molecule has 8 bridgehead atoms. The van der Waals surface area contributed by atoms with E-state index in [9.17, 15) is 0 Å². The monoisotopic (exact) mass is 959 g/mol. The van der Waals surface area contributed by atoms with Crippen LogP contribution in [0.15, 0.2) is 152 Å². The van der Waals surface area contributed by atoms with Crippen molar-refractivity contribution in [3.8, 4) is 44.5 Å². The Kier molecular flexibility index (Phi) is 6.69. The average Bonchev–Trinajstić information content (AvgIpc) is 4.35. The summed E-state index contributed by atoms with van der Waals surface area (Å²) in [6.07, 6.45) is 18.1. The van der Waals surface area contributed by atoms with Gasteiger partial charge in [-0.1, -0.05) is 121 Å². The summed E-state index contributed by atoms with van der Waals surface area (Å²) < 4.78 is 2.75. The number of rotatable bonds is 0. The van der Waals surface area contributed by atoms with Gasteiger partial charge in [-0.2, -0.15) is 0 Å². The molecule has 75 heavy (non-hydrogen) atoms. The van der Waals surface area contributed by atoms with Crippen LogP contribution < -0.4 is 0 Å². The van der Waals surface area contributed by atoms with Gasteiger partial charge in [0, 0.05) is 44.8 Å². The van der Waals surface area contributed by atoms with E-state index in [0.29, 0.717) is 23.7 Å². The van der Waals surface area contributed by atoms with Crippen LogP contribution in [0.1, 0.15) is 155 Å². The summed E-state index contributed by atoms with van der Waals surface area (Å²) in [4.78, 5) is 11.5. The molecule has 3 nitrogen and oxygen atoms in total. The van der Waals surface area contributed by atoms with Crippen molar-refractivity contribution in [1.29, 1.82) is 0 Å². The fourth-order valence-corrected chi connectivity index (χ4v) is 21.0. The molecule has 0 N–H and O–H groups in total. The highest BCUT2D eigenvalue weighted by Crippen LogP contribution is 2.71. The van der Waals surface area contributed by atoms with Crippen molar-refractivity contribution in [2.24, 2.45) is 23.7 Å². The highest BCUT2D eigenvalue weighted by atomic mass is 15.0. The number of pyridine rings is 2. The van der Waals surface area contributed by atoms with Crippen molar-refractivity contribution in [2.75, 3.05) is 0 Å². The molecule has 2 spiro atoms. The Hall–Kier alpha value is -7.36. The van der Waals surface area contributed by atoms with E-state index >= 15 is 0 Å². The summed E-state index contributed by atoms with van der Waals surface area (Å²) in [6.45, 7) is 0. The molecule has 4 aromatic heterocycles. The Morgan fingerprint density at radius 2 is 0.733 bits per heavy atom. The Bertz CT molecular complexity index is 4410. The molecule has 0 aliphatic heterocycles. The molecule has 4 fully saturated rings. The van der Waals surface area contributed by atoms with Gasteiger partial charge in [0.05, 0.1) is 39.8 Å². The predicted molar refractivity (Wildman–Crippen MR) is 300 cm³/mol. The molecule has 4 atom stereocenters. The molecule has 4 heterocycles. The van der Waals surface area contributed by atoms with Crippen molar-refractivity contribution < 1.29 is 0 Å². The summed E-state index contributed by atoms with van der Waals surface area (Å²) in [6, 6.07) is 55.7. The molecule has 12 aliphatic rings. The van der Waals surface area contributed by atoms with Crippen LogP contribution in [0.25, 0.3) is 82.6 Å². The number of hydrogen-bond donors (Lipinski definition) is 0. The van der Waals surface area contributed by atoms with E-state index in [2.05, 4.69) is 156 Å². The molecule has 0 amide bonds. The first-order valence-corrected chi connectivity index (χ1v) is 28.9. The fraction of sp³-hybridized carbons (Fsp3) is 0.278. The van der Waals surface area contributed by atoms with Crippen LogP contribution in [-0.2, 0) is 10.8 Å². The third-order valence-corrected chi connectivity index (χ3v) is 22.8. The van der Waals surface area contributed by atoms with Crippen molar-refractivity contribution in [1.82, 2.24) is 14.4 Å². The van der Waals surface area contributed by atoms with E-state index in [0.717, 1.165) is 23.7 Å². The van der Waals surface area contributed by atoms with Crippen LogP contribution in [-0.4, -0.2) is 14.4 Å². The SMILES string of the molecule is c1ccc2c(c1)-c1ccccc1C21c2ccccc2-c2cc3c(cc21)-c1cc2c4c5c(ncc4n4c6cnc7c(c6c(c1C31c3ccccc3-c3ccccc31)c24)C1CC2CC(CC7C2)C1)C1CC2CC(C1)CC5C2. The van der Waals surface area contributed by atoms with E-state index in [4.69, 9.17) is 9.97 Å². The summed E-state index contributed by atoms with van der Waals surface area (Å²) in [5.41, 5.74) is 31.7. The van der Waals surface area contributed by atoms with Crippen LogP contribution in [0, 0.1) is 23.7 Å². The Balaban J connectivity index is 0.992. The third-order valence-electron chi connectivity index (χ3n) is 22.8. The van der Waals surface area contributed by atoms with Gasteiger partial charge in [0.15, 0.2) is 0 Å². The Morgan fingerprint density at radius 1 is 0.347 bits per heavy atom. The van der Waals surface area contributed by atoms with E-state index < -0.39 is 10.8 Å². The highest BCUT2D eigenvalue weighted by Gasteiger charge is 2.58. The first-order valence-electron chi connectivity index (χ1n) is 28.9. The molecule has 23 rings (SSSR count). The van der Waals surface area contributed by atoms with Crippen LogP contribution in [0.4, 0.5) is 0 Å². The quantitative estimate of drug-likeness (QED) is 0.152. The van der Waals surface area contributed by atoms with Crippen molar-refractivity contribution in [2.45, 2.75) is 98.7 Å². The van der Waals surface area contributed by atoms with Gasteiger partial charge in [0.1, 0.15) is 0 Å². The number of nitrogens with zero attached hydrogens (tertiary/aromatic N) is 3. The number of aromatic nitrogens is 3. The second-order valence-corrected chi connectivity index (χ2v) is 25.8. The minimum Gasteiger partial charge on any atom is -0.305 e. The normalized spacial score (nSPS) is 26.9. The van der Waals surface area contributed by atoms with Gasteiger partial charge >= 0.3 is 0 Å². The topological polar surface area (TPSA) is 30.2 Å². The summed E-state index contributed by atoms with van der Waals surface area (Å²) in [5, 5.41) is 6.00. The standard InChI is InChI=1S/C72H53N3/c1-6-16-53-44(11-1)45-12-2-7-17-54(45)71(53)55-18-8-5-15-48(55)49-32-59-50(33-58(49)71)51-31-52-64-60(34-73-68-42-27-36-21-37(28-42)24-40(23-36)62(64)68)75-61-35-74-69-43-29-38-22-39(30-43)26-41(25-38)63(69)65(61)66(70(52)75)67(51)72(59)56-19-9-3-13-46(56)47-14-4-10-20-57(47)72/h1-20,31-43H,21-30H2.